The van der Waals surface area contributed by atoms with E-state index in [0.29, 0.717) is 12.8 Å². The SMILES string of the molecule is CCCCCCCCCCCCCCCCCCCCCCCCCCCCCCC(O)CC(=O)NC(COP(=O)(O)OC1C(O)C(O)C(O)C(O)C1O)C(O)CCCCC. The first-order chi connectivity index (χ1) is 29.3. The molecule has 0 heterocycles. The van der Waals surface area contributed by atoms with Crippen LogP contribution in [0, 0.1) is 0 Å². The van der Waals surface area contributed by atoms with E-state index in [1.807, 2.05) is 6.92 Å². The molecule has 61 heavy (non-hydrogen) atoms. The first-order valence-electron chi connectivity index (χ1n) is 25.1. The fraction of sp³-hybridized carbons (Fsp3) is 0.979. The average molecular weight is 896 g/mol. The summed E-state index contributed by atoms with van der Waals surface area (Å²) in [4.78, 5) is 23.2. The molecule has 1 amide bonds. The van der Waals surface area contributed by atoms with Crippen LogP contribution in [0.1, 0.15) is 232 Å². The van der Waals surface area contributed by atoms with Crippen LogP contribution in [0.2, 0.25) is 0 Å². The number of hydrogen-bond acceptors (Lipinski definition) is 11. The monoisotopic (exact) mass is 896 g/mol. The van der Waals surface area contributed by atoms with Gasteiger partial charge in [0.05, 0.1) is 31.3 Å². The molecular formula is C47H94NO12P. The van der Waals surface area contributed by atoms with Crippen LogP contribution in [0.15, 0.2) is 0 Å². The third-order valence-electron chi connectivity index (χ3n) is 12.5. The Bertz CT molecular complexity index is 1060. The maximum Gasteiger partial charge on any atom is 0.472 e. The number of phosphoric ester groups is 1. The number of carbonyl (C=O) groups excluding carboxylic acids is 1. The van der Waals surface area contributed by atoms with Gasteiger partial charge in [-0.2, -0.15) is 0 Å². The molecule has 8 atom stereocenters. The molecule has 1 aliphatic carbocycles. The highest BCUT2D eigenvalue weighted by Gasteiger charge is 2.51. The zero-order valence-corrected chi connectivity index (χ0v) is 39.5. The molecule has 1 fully saturated rings. The Kier molecular flexibility index (Phi) is 35.9. The highest BCUT2D eigenvalue weighted by molar-refractivity contribution is 7.47. The first kappa shape index (κ1) is 58.3. The largest absolute Gasteiger partial charge is 0.472 e. The minimum absolute atomic E-state index is 0.219. The van der Waals surface area contributed by atoms with Gasteiger partial charge in [-0.1, -0.05) is 213 Å². The van der Waals surface area contributed by atoms with Crippen molar-refractivity contribution < 1.29 is 59.0 Å². The number of phosphoric acid groups is 1. The summed E-state index contributed by atoms with van der Waals surface area (Å²) in [5.74, 6) is -0.567. The number of nitrogens with one attached hydrogen (secondary N) is 1. The van der Waals surface area contributed by atoms with Crippen molar-refractivity contribution in [3.05, 3.63) is 0 Å². The molecule has 0 spiro atoms. The lowest BCUT2D eigenvalue weighted by Gasteiger charge is -2.41. The van der Waals surface area contributed by atoms with Crippen LogP contribution in [0.25, 0.3) is 0 Å². The standard InChI is InChI=1S/C47H94NO12P/c1-3-5-7-8-9-10-11-12-13-14-15-16-17-18-19-20-21-22-23-24-25-26-27-28-29-30-31-33-34-38(49)36-41(51)48-39(40(50)35-32-6-4-2)37-59-61(57,58)60-47-45(55)43(53)42(52)44(54)46(47)56/h38-40,42-47,49-50,52-56H,3-37H2,1-2H3,(H,48,51)(H,57,58). The van der Waals surface area contributed by atoms with Crippen LogP contribution in [-0.2, 0) is 18.4 Å². The quantitative estimate of drug-likeness (QED) is 0.0207. The summed E-state index contributed by atoms with van der Waals surface area (Å²) in [6, 6.07) is -1.15. The minimum atomic E-state index is -5.09. The summed E-state index contributed by atoms with van der Waals surface area (Å²) in [7, 11) is -5.09. The maximum atomic E-state index is 12.8. The lowest BCUT2D eigenvalue weighted by Crippen LogP contribution is -2.64. The molecule has 1 saturated carbocycles. The van der Waals surface area contributed by atoms with Crippen molar-refractivity contribution in [3.8, 4) is 0 Å². The van der Waals surface area contributed by atoms with E-state index in [9.17, 15) is 50.0 Å². The average Bonchev–Trinajstić information content (AvgIpc) is 3.23. The molecule has 0 saturated heterocycles. The molecule has 1 aliphatic rings. The number of aliphatic hydroxyl groups is 7. The predicted molar refractivity (Wildman–Crippen MR) is 243 cm³/mol. The Morgan fingerprint density at radius 1 is 0.508 bits per heavy atom. The number of unbranched alkanes of at least 4 members (excludes halogenated alkanes) is 29. The Balaban J connectivity index is 2.10. The summed E-state index contributed by atoms with van der Waals surface area (Å²) in [6.45, 7) is 3.58. The van der Waals surface area contributed by atoms with Gasteiger partial charge in [-0.25, -0.2) is 4.57 Å². The molecule has 0 radical (unpaired) electrons. The fourth-order valence-corrected chi connectivity index (χ4v) is 9.33. The predicted octanol–water partition coefficient (Wildman–Crippen LogP) is 8.82. The van der Waals surface area contributed by atoms with E-state index in [1.165, 1.54) is 154 Å². The van der Waals surface area contributed by atoms with E-state index in [1.54, 1.807) is 0 Å². The lowest BCUT2D eigenvalue weighted by atomic mass is 9.85. The number of hydrogen-bond donors (Lipinski definition) is 9. The van der Waals surface area contributed by atoms with Crippen LogP contribution in [0.4, 0.5) is 0 Å². The van der Waals surface area contributed by atoms with E-state index in [0.717, 1.165) is 38.5 Å². The smallest absolute Gasteiger partial charge is 0.393 e. The normalized spacial score (nSPS) is 23.1. The topological polar surface area (TPSA) is 226 Å². The zero-order chi connectivity index (χ0) is 45.1. The second kappa shape index (κ2) is 37.5. The minimum Gasteiger partial charge on any atom is -0.393 e. The summed E-state index contributed by atoms with van der Waals surface area (Å²) in [5.41, 5.74) is 0. The molecule has 14 heteroatoms. The van der Waals surface area contributed by atoms with Gasteiger partial charge >= 0.3 is 7.82 Å². The number of amides is 1. The highest BCUT2D eigenvalue weighted by Crippen LogP contribution is 2.47. The summed E-state index contributed by atoms with van der Waals surface area (Å²) in [6.07, 6.45) is 26.1. The van der Waals surface area contributed by atoms with E-state index >= 15 is 0 Å². The van der Waals surface area contributed by atoms with Crippen molar-refractivity contribution in [2.45, 2.75) is 287 Å². The Morgan fingerprint density at radius 2 is 0.820 bits per heavy atom. The van der Waals surface area contributed by atoms with Gasteiger partial charge in [0.1, 0.15) is 36.6 Å². The Hall–Kier alpha value is -0.700. The second-order valence-corrected chi connectivity index (χ2v) is 19.6. The van der Waals surface area contributed by atoms with Gasteiger partial charge in [0.25, 0.3) is 0 Å². The van der Waals surface area contributed by atoms with Crippen molar-refractivity contribution in [2.75, 3.05) is 6.61 Å². The third-order valence-corrected chi connectivity index (χ3v) is 13.5. The van der Waals surface area contributed by atoms with E-state index in [-0.39, 0.29) is 12.8 Å². The van der Waals surface area contributed by atoms with E-state index in [2.05, 4.69) is 12.2 Å². The van der Waals surface area contributed by atoms with E-state index in [4.69, 9.17) is 9.05 Å². The van der Waals surface area contributed by atoms with Gasteiger partial charge in [0.15, 0.2) is 0 Å². The van der Waals surface area contributed by atoms with Crippen molar-refractivity contribution in [1.82, 2.24) is 5.32 Å². The highest BCUT2D eigenvalue weighted by atomic mass is 31.2. The molecule has 13 nitrogen and oxygen atoms in total. The third kappa shape index (κ3) is 29.5. The lowest BCUT2D eigenvalue weighted by molar-refractivity contribution is -0.220. The van der Waals surface area contributed by atoms with Crippen molar-refractivity contribution in [1.29, 1.82) is 0 Å². The zero-order valence-electron chi connectivity index (χ0n) is 38.6. The summed E-state index contributed by atoms with van der Waals surface area (Å²) < 4.78 is 22.6. The van der Waals surface area contributed by atoms with Crippen LogP contribution in [-0.4, -0.2) is 108 Å². The molecular weight excluding hydrogens is 801 g/mol. The molecule has 0 aromatic heterocycles. The number of carbonyl (C=O) groups is 1. The number of rotatable bonds is 42. The summed E-state index contributed by atoms with van der Waals surface area (Å²) >= 11 is 0. The molecule has 1 rings (SSSR count). The van der Waals surface area contributed by atoms with E-state index < -0.39 is 75.2 Å². The van der Waals surface area contributed by atoms with Gasteiger partial charge < -0.3 is 46.0 Å². The van der Waals surface area contributed by atoms with Crippen molar-refractivity contribution in [3.63, 3.8) is 0 Å². The molecule has 0 bridgehead atoms. The van der Waals surface area contributed by atoms with Gasteiger partial charge in [-0.15, -0.1) is 0 Å². The molecule has 0 aromatic rings. The van der Waals surface area contributed by atoms with Gasteiger partial charge in [-0.3, -0.25) is 13.8 Å². The molecule has 0 aliphatic heterocycles. The molecule has 9 N–H and O–H groups in total. The Morgan fingerprint density at radius 3 is 1.20 bits per heavy atom. The van der Waals surface area contributed by atoms with Gasteiger partial charge in [0, 0.05) is 0 Å². The summed E-state index contributed by atoms with van der Waals surface area (Å²) in [5, 5.41) is 73.8. The Labute approximate surface area is 370 Å². The molecule has 0 aromatic carbocycles. The van der Waals surface area contributed by atoms with Crippen LogP contribution < -0.4 is 5.32 Å². The van der Waals surface area contributed by atoms with Crippen molar-refractivity contribution in [2.24, 2.45) is 0 Å². The molecule has 8 unspecified atom stereocenters. The van der Waals surface area contributed by atoms with Gasteiger partial charge in [0.2, 0.25) is 5.91 Å². The molecule has 364 valence electrons. The van der Waals surface area contributed by atoms with Crippen LogP contribution in [0.3, 0.4) is 0 Å². The first-order valence-corrected chi connectivity index (χ1v) is 26.6. The van der Waals surface area contributed by atoms with Crippen LogP contribution >= 0.6 is 7.82 Å². The second-order valence-electron chi connectivity index (χ2n) is 18.2. The maximum absolute atomic E-state index is 12.8. The fourth-order valence-electron chi connectivity index (χ4n) is 8.36. The van der Waals surface area contributed by atoms with Crippen molar-refractivity contribution >= 4 is 13.7 Å². The van der Waals surface area contributed by atoms with Gasteiger partial charge in [-0.05, 0) is 12.8 Å². The van der Waals surface area contributed by atoms with Crippen LogP contribution in [0.5, 0.6) is 0 Å². The number of aliphatic hydroxyl groups excluding tert-OH is 7.